The predicted octanol–water partition coefficient (Wildman–Crippen LogP) is 9.57. The van der Waals surface area contributed by atoms with Crippen LogP contribution >= 0.6 is 0 Å². The molecule has 38 heavy (non-hydrogen) atoms. The Morgan fingerprint density at radius 3 is 2.03 bits per heavy atom. The fourth-order valence-corrected chi connectivity index (χ4v) is 5.69. The first-order chi connectivity index (χ1) is 18.8. The van der Waals surface area contributed by atoms with Crippen LogP contribution in [0.1, 0.15) is 12.8 Å². The number of anilines is 1. The largest absolute Gasteiger partial charge is 0.398 e. The van der Waals surface area contributed by atoms with Crippen LogP contribution in [0.5, 0.6) is 0 Å². The molecule has 0 radical (unpaired) electrons. The zero-order valence-corrected chi connectivity index (χ0v) is 21.1. The molecule has 0 amide bonds. The molecule has 0 unspecified atom stereocenters. The van der Waals surface area contributed by atoms with E-state index in [1.54, 1.807) is 0 Å². The third-order valence-electron chi connectivity index (χ3n) is 7.64. The van der Waals surface area contributed by atoms with Gasteiger partial charge in [-0.3, -0.25) is 0 Å². The summed E-state index contributed by atoms with van der Waals surface area (Å²) >= 11 is 0. The molecule has 6 aromatic rings. The fourth-order valence-electron chi connectivity index (χ4n) is 5.69. The van der Waals surface area contributed by atoms with E-state index in [1.165, 1.54) is 49.8 Å². The van der Waals surface area contributed by atoms with Crippen LogP contribution in [0.15, 0.2) is 133 Å². The molecule has 5 aromatic carbocycles. The van der Waals surface area contributed by atoms with E-state index in [0.29, 0.717) is 0 Å². The first-order valence-electron chi connectivity index (χ1n) is 13.2. The Hall–Kier alpha value is -4.82. The second kappa shape index (κ2) is 9.24. The summed E-state index contributed by atoms with van der Waals surface area (Å²) in [6.07, 6.45) is 8.81. The number of allylic oxidation sites excluding steroid dienone is 4. The summed E-state index contributed by atoms with van der Waals surface area (Å²) in [6, 6.07) is 41.1. The van der Waals surface area contributed by atoms with Crippen molar-refractivity contribution in [2.24, 2.45) is 0 Å². The Morgan fingerprint density at radius 2 is 1.21 bits per heavy atom. The Kier molecular flexibility index (Phi) is 5.44. The van der Waals surface area contributed by atoms with Crippen molar-refractivity contribution in [1.29, 1.82) is 0 Å². The molecule has 0 aliphatic heterocycles. The predicted molar refractivity (Wildman–Crippen MR) is 163 cm³/mol. The van der Waals surface area contributed by atoms with Gasteiger partial charge in [0.15, 0.2) is 0 Å². The molecule has 1 heterocycles. The van der Waals surface area contributed by atoms with Crippen molar-refractivity contribution in [2.45, 2.75) is 12.8 Å². The highest BCUT2D eigenvalue weighted by Crippen LogP contribution is 2.37. The normalized spacial score (nSPS) is 13.2. The van der Waals surface area contributed by atoms with E-state index in [-0.39, 0.29) is 0 Å². The number of nitrogens with two attached hydrogens (primary N) is 1. The van der Waals surface area contributed by atoms with Gasteiger partial charge < -0.3 is 10.3 Å². The molecule has 1 aliphatic carbocycles. The Morgan fingerprint density at radius 1 is 0.553 bits per heavy atom. The first kappa shape index (κ1) is 22.4. The molecule has 0 atom stereocenters. The topological polar surface area (TPSA) is 30.9 Å². The monoisotopic (exact) mass is 488 g/mol. The summed E-state index contributed by atoms with van der Waals surface area (Å²) in [5, 5.41) is 2.59. The Labute approximate surface area is 223 Å². The third kappa shape index (κ3) is 3.82. The van der Waals surface area contributed by atoms with Crippen LogP contribution in [0.2, 0.25) is 0 Å². The van der Waals surface area contributed by atoms with Crippen molar-refractivity contribution in [3.8, 4) is 33.4 Å². The number of rotatable bonds is 4. The van der Waals surface area contributed by atoms with Crippen LogP contribution in [0.3, 0.4) is 0 Å². The summed E-state index contributed by atoms with van der Waals surface area (Å²) in [4.78, 5) is 0. The highest BCUT2D eigenvalue weighted by Gasteiger charge is 2.15. The smallest absolute Gasteiger partial charge is 0.0544 e. The minimum Gasteiger partial charge on any atom is -0.398 e. The molecule has 1 aromatic heterocycles. The first-order valence-corrected chi connectivity index (χ1v) is 13.2. The van der Waals surface area contributed by atoms with Gasteiger partial charge in [0.05, 0.1) is 11.0 Å². The van der Waals surface area contributed by atoms with Gasteiger partial charge in [0, 0.05) is 27.7 Å². The standard InChI is InChI=1S/C36H28N2/c37-34-22-20-28(25-9-3-1-4-10-25)23-33(34)27-17-15-26(16-18-27)29-19-21-32-31-13-7-8-14-35(31)38(36(32)24-29)30-11-5-2-6-12-30/h1-5,7-11,13-24H,6,12,37H2. The lowest BCUT2D eigenvalue weighted by molar-refractivity contribution is 0.979. The number of nitrogen functional groups attached to an aromatic ring is 1. The van der Waals surface area contributed by atoms with Crippen LogP contribution in [-0.4, -0.2) is 4.57 Å². The summed E-state index contributed by atoms with van der Waals surface area (Å²) in [5.41, 5.74) is 18.0. The van der Waals surface area contributed by atoms with Gasteiger partial charge in [-0.1, -0.05) is 103 Å². The lowest BCUT2D eigenvalue weighted by Gasteiger charge is -2.14. The van der Waals surface area contributed by atoms with Crippen molar-refractivity contribution in [1.82, 2.24) is 4.57 Å². The zero-order valence-electron chi connectivity index (χ0n) is 21.1. The average Bonchev–Trinajstić information content (AvgIpc) is 3.32. The fraction of sp³-hybridized carbons (Fsp3) is 0.0556. The van der Waals surface area contributed by atoms with Gasteiger partial charge in [0.1, 0.15) is 0 Å². The molecular weight excluding hydrogens is 460 g/mol. The number of hydrogen-bond acceptors (Lipinski definition) is 1. The number of hydrogen-bond donors (Lipinski definition) is 1. The summed E-state index contributed by atoms with van der Waals surface area (Å²) in [5.74, 6) is 0. The zero-order chi connectivity index (χ0) is 25.5. The Bertz CT molecular complexity index is 1850. The van der Waals surface area contributed by atoms with Crippen LogP contribution in [0.4, 0.5) is 5.69 Å². The molecule has 0 saturated heterocycles. The van der Waals surface area contributed by atoms with E-state index in [1.807, 2.05) is 12.1 Å². The lowest BCUT2D eigenvalue weighted by Crippen LogP contribution is -1.98. The molecule has 0 saturated carbocycles. The van der Waals surface area contributed by atoms with Gasteiger partial charge in [-0.05, 0) is 71.0 Å². The minimum absolute atomic E-state index is 0.790. The van der Waals surface area contributed by atoms with Crippen molar-refractivity contribution in [2.75, 3.05) is 5.73 Å². The molecule has 182 valence electrons. The quantitative estimate of drug-likeness (QED) is 0.246. The molecular formula is C36H28N2. The van der Waals surface area contributed by atoms with E-state index < -0.39 is 0 Å². The van der Waals surface area contributed by atoms with E-state index >= 15 is 0 Å². The van der Waals surface area contributed by atoms with Crippen molar-refractivity contribution in [3.05, 3.63) is 133 Å². The van der Waals surface area contributed by atoms with Crippen LogP contribution in [0, 0.1) is 0 Å². The number of benzene rings is 5. The van der Waals surface area contributed by atoms with Gasteiger partial charge in [-0.25, -0.2) is 0 Å². The summed E-state index contributed by atoms with van der Waals surface area (Å²) in [7, 11) is 0. The van der Waals surface area contributed by atoms with Gasteiger partial charge in [-0.15, -0.1) is 0 Å². The number of fused-ring (bicyclic) bond motifs is 3. The Balaban J connectivity index is 1.30. The SMILES string of the molecule is Nc1ccc(-c2ccccc2)cc1-c1ccc(-c2ccc3c4ccccc4n(C4=CC=CCC4)c3c2)cc1. The van der Waals surface area contributed by atoms with Crippen LogP contribution < -0.4 is 5.73 Å². The van der Waals surface area contributed by atoms with E-state index in [9.17, 15) is 0 Å². The lowest BCUT2D eigenvalue weighted by atomic mass is 9.95. The second-order valence-electron chi connectivity index (χ2n) is 9.95. The van der Waals surface area contributed by atoms with Gasteiger partial charge >= 0.3 is 0 Å². The number of nitrogens with zero attached hydrogens (tertiary/aromatic N) is 1. The van der Waals surface area contributed by atoms with Gasteiger partial charge in [0.25, 0.3) is 0 Å². The maximum atomic E-state index is 6.42. The van der Waals surface area contributed by atoms with Gasteiger partial charge in [-0.2, -0.15) is 0 Å². The molecule has 7 rings (SSSR count). The van der Waals surface area contributed by atoms with E-state index in [2.05, 4.69) is 126 Å². The average molecular weight is 489 g/mol. The highest BCUT2D eigenvalue weighted by molar-refractivity contribution is 6.11. The van der Waals surface area contributed by atoms with E-state index in [4.69, 9.17) is 5.73 Å². The molecule has 0 fully saturated rings. The minimum atomic E-state index is 0.790. The molecule has 2 N–H and O–H groups in total. The van der Waals surface area contributed by atoms with Crippen LogP contribution in [0.25, 0.3) is 60.9 Å². The third-order valence-corrected chi connectivity index (χ3v) is 7.64. The summed E-state index contributed by atoms with van der Waals surface area (Å²) < 4.78 is 2.45. The van der Waals surface area contributed by atoms with Crippen LogP contribution in [-0.2, 0) is 0 Å². The molecule has 0 spiro atoms. The molecule has 1 aliphatic rings. The van der Waals surface area contributed by atoms with Crippen molar-refractivity contribution >= 4 is 33.2 Å². The molecule has 2 nitrogen and oxygen atoms in total. The maximum Gasteiger partial charge on any atom is 0.0544 e. The molecule has 0 bridgehead atoms. The van der Waals surface area contributed by atoms with Gasteiger partial charge in [0.2, 0.25) is 0 Å². The van der Waals surface area contributed by atoms with E-state index in [0.717, 1.165) is 29.7 Å². The number of aromatic nitrogens is 1. The maximum absolute atomic E-state index is 6.42. The second-order valence-corrected chi connectivity index (χ2v) is 9.95. The summed E-state index contributed by atoms with van der Waals surface area (Å²) in [6.45, 7) is 0. The number of para-hydroxylation sites is 1. The highest BCUT2D eigenvalue weighted by atomic mass is 15.0. The molecule has 2 heteroatoms. The van der Waals surface area contributed by atoms with Crippen molar-refractivity contribution < 1.29 is 0 Å². The van der Waals surface area contributed by atoms with Crippen molar-refractivity contribution in [3.63, 3.8) is 0 Å².